The van der Waals surface area contributed by atoms with Gasteiger partial charge in [-0.3, -0.25) is 4.98 Å². The van der Waals surface area contributed by atoms with Crippen LogP contribution < -0.4 is 0 Å². The molecule has 0 bridgehead atoms. The third-order valence-electron chi connectivity index (χ3n) is 4.48. The number of hydrogen-bond acceptors (Lipinski definition) is 7. The Labute approximate surface area is 163 Å². The normalized spacial score (nSPS) is 13.9. The van der Waals surface area contributed by atoms with E-state index >= 15 is 0 Å². The molecule has 4 nitrogen and oxygen atoms in total. The molecule has 4 aromatic heterocycles. The van der Waals surface area contributed by atoms with E-state index in [0.29, 0.717) is 0 Å². The third kappa shape index (κ3) is 2.94. The summed E-state index contributed by atoms with van der Waals surface area (Å²) in [6.07, 6.45) is 8.44. The minimum absolute atomic E-state index is 0.750. The van der Waals surface area contributed by atoms with Gasteiger partial charge in [0.15, 0.2) is 10.2 Å². The lowest BCUT2D eigenvalue weighted by Crippen LogP contribution is -1.99. The van der Waals surface area contributed by atoms with E-state index in [-0.39, 0.29) is 0 Å². The predicted octanol–water partition coefficient (Wildman–Crippen LogP) is 5.55. The van der Waals surface area contributed by atoms with Crippen molar-refractivity contribution in [3.05, 3.63) is 46.0 Å². The number of hydrogen-bond donors (Lipinski definition) is 0. The van der Waals surface area contributed by atoms with Gasteiger partial charge < -0.3 is 0 Å². The first-order valence-electron chi connectivity index (χ1n) is 8.60. The lowest BCUT2D eigenvalue weighted by atomic mass is 9.97. The van der Waals surface area contributed by atoms with Crippen LogP contribution in [0, 0.1) is 6.92 Å². The fourth-order valence-corrected chi connectivity index (χ4v) is 6.51. The van der Waals surface area contributed by atoms with Gasteiger partial charge in [-0.15, -0.1) is 22.7 Å². The summed E-state index contributed by atoms with van der Waals surface area (Å²) in [7, 11) is 0. The molecule has 7 heteroatoms. The summed E-state index contributed by atoms with van der Waals surface area (Å²) in [5, 5.41) is 4.36. The summed E-state index contributed by atoms with van der Waals surface area (Å²) in [5.41, 5.74) is 3.48. The second kappa shape index (κ2) is 6.72. The van der Waals surface area contributed by atoms with Crippen LogP contribution in [0.5, 0.6) is 0 Å². The highest BCUT2D eigenvalue weighted by atomic mass is 32.2. The van der Waals surface area contributed by atoms with E-state index in [9.17, 15) is 0 Å². The maximum atomic E-state index is 4.94. The van der Waals surface area contributed by atoms with Crippen molar-refractivity contribution in [2.45, 2.75) is 42.0 Å². The van der Waals surface area contributed by atoms with Crippen molar-refractivity contribution in [3.8, 4) is 11.4 Å². The molecule has 5 rings (SSSR count). The fraction of sp³-hybridized carbons (Fsp3) is 0.263. The Balaban J connectivity index is 1.71. The van der Waals surface area contributed by atoms with Gasteiger partial charge in [0, 0.05) is 39.3 Å². The Morgan fingerprint density at radius 2 is 2.04 bits per heavy atom. The average molecular weight is 397 g/mol. The minimum atomic E-state index is 0.750. The third-order valence-corrected chi connectivity index (χ3v) is 7.71. The molecule has 1 aliphatic rings. The molecule has 1 aliphatic carbocycles. The predicted molar refractivity (Wildman–Crippen MR) is 108 cm³/mol. The van der Waals surface area contributed by atoms with Crippen molar-refractivity contribution >= 4 is 44.7 Å². The molecule has 0 amide bonds. The molecular formula is C19H16N4S3. The zero-order valence-corrected chi connectivity index (χ0v) is 16.7. The van der Waals surface area contributed by atoms with Gasteiger partial charge in [-0.25, -0.2) is 15.0 Å². The molecule has 0 aromatic carbocycles. The number of thiophene rings is 1. The number of fused-ring (bicyclic) bond motifs is 3. The van der Waals surface area contributed by atoms with Crippen LogP contribution in [-0.4, -0.2) is 19.9 Å². The molecule has 0 N–H and O–H groups in total. The van der Waals surface area contributed by atoms with Gasteiger partial charge in [0.2, 0.25) is 0 Å². The van der Waals surface area contributed by atoms with E-state index in [1.807, 2.05) is 36.6 Å². The van der Waals surface area contributed by atoms with E-state index in [1.165, 1.54) is 35.1 Å². The van der Waals surface area contributed by atoms with E-state index in [4.69, 9.17) is 9.97 Å². The Kier molecular flexibility index (Phi) is 4.23. The summed E-state index contributed by atoms with van der Waals surface area (Å²) in [5.74, 6) is 0.750. The van der Waals surface area contributed by atoms with Crippen LogP contribution in [0.2, 0.25) is 0 Å². The van der Waals surface area contributed by atoms with Gasteiger partial charge in [-0.2, -0.15) is 0 Å². The molecule has 0 saturated carbocycles. The van der Waals surface area contributed by atoms with Crippen LogP contribution in [0.1, 0.15) is 29.0 Å². The first-order valence-corrected chi connectivity index (χ1v) is 11.1. The zero-order valence-electron chi connectivity index (χ0n) is 14.2. The van der Waals surface area contributed by atoms with Crippen LogP contribution in [0.3, 0.4) is 0 Å². The summed E-state index contributed by atoms with van der Waals surface area (Å²) >= 11 is 5.18. The molecule has 0 saturated heterocycles. The Bertz CT molecular complexity index is 1090. The van der Waals surface area contributed by atoms with Crippen molar-refractivity contribution in [1.82, 2.24) is 19.9 Å². The van der Waals surface area contributed by atoms with Crippen LogP contribution in [0.25, 0.3) is 21.6 Å². The van der Waals surface area contributed by atoms with E-state index in [2.05, 4.69) is 15.3 Å². The molecule has 0 radical (unpaired) electrons. The van der Waals surface area contributed by atoms with E-state index in [1.54, 1.807) is 29.3 Å². The molecule has 130 valence electrons. The SMILES string of the molecule is Cc1csc(Sc2nc(-c3cccnc3)nc3sc4c(c23)CCCC4)n1. The largest absolute Gasteiger partial charge is 0.264 e. The molecule has 4 aromatic rings. The van der Waals surface area contributed by atoms with Gasteiger partial charge in [0.05, 0.1) is 0 Å². The maximum Gasteiger partial charge on any atom is 0.163 e. The summed E-state index contributed by atoms with van der Waals surface area (Å²) in [6, 6.07) is 3.95. The van der Waals surface area contributed by atoms with Gasteiger partial charge in [-0.05, 0) is 62.1 Å². The van der Waals surface area contributed by atoms with Gasteiger partial charge in [-0.1, -0.05) is 0 Å². The number of aryl methyl sites for hydroxylation is 3. The van der Waals surface area contributed by atoms with Crippen molar-refractivity contribution in [1.29, 1.82) is 0 Å². The quantitative estimate of drug-likeness (QED) is 0.425. The van der Waals surface area contributed by atoms with Crippen LogP contribution in [0.4, 0.5) is 0 Å². The Morgan fingerprint density at radius 3 is 2.85 bits per heavy atom. The molecule has 0 fully saturated rings. The average Bonchev–Trinajstić information content (AvgIpc) is 3.25. The topological polar surface area (TPSA) is 51.6 Å². The molecule has 0 spiro atoms. The standard InChI is InChI=1S/C19H16N4S3/c1-11-10-24-19(21-11)26-18-15-13-6-2-3-7-14(13)25-17(15)22-16(23-18)12-5-4-8-20-9-12/h4-5,8-10H,2-3,6-7H2,1H3. The molecular weight excluding hydrogens is 380 g/mol. The highest BCUT2D eigenvalue weighted by molar-refractivity contribution is 8.01. The first-order chi connectivity index (χ1) is 12.8. The number of nitrogens with zero attached hydrogens (tertiary/aromatic N) is 4. The van der Waals surface area contributed by atoms with E-state index in [0.717, 1.165) is 37.7 Å². The Hall–Kier alpha value is -1.83. The van der Waals surface area contributed by atoms with Crippen LogP contribution >= 0.6 is 34.4 Å². The summed E-state index contributed by atoms with van der Waals surface area (Å²) < 4.78 is 1.04. The molecule has 0 aliphatic heterocycles. The minimum Gasteiger partial charge on any atom is -0.264 e. The number of pyridine rings is 1. The second-order valence-corrected chi connectivity index (χ2v) is 9.52. The zero-order chi connectivity index (χ0) is 17.5. The molecule has 26 heavy (non-hydrogen) atoms. The highest BCUT2D eigenvalue weighted by Crippen LogP contribution is 2.42. The number of aromatic nitrogens is 4. The fourth-order valence-electron chi connectivity index (χ4n) is 3.28. The lowest BCUT2D eigenvalue weighted by Gasteiger charge is -2.11. The van der Waals surface area contributed by atoms with Gasteiger partial charge >= 0.3 is 0 Å². The van der Waals surface area contributed by atoms with E-state index < -0.39 is 0 Å². The summed E-state index contributed by atoms with van der Waals surface area (Å²) in [6.45, 7) is 2.03. The van der Waals surface area contributed by atoms with Crippen LogP contribution in [-0.2, 0) is 12.8 Å². The molecule has 0 atom stereocenters. The highest BCUT2D eigenvalue weighted by Gasteiger charge is 2.22. The second-order valence-electron chi connectivity index (χ2n) is 6.34. The van der Waals surface area contributed by atoms with Crippen LogP contribution in [0.15, 0.2) is 39.3 Å². The number of rotatable bonds is 3. The maximum absolute atomic E-state index is 4.94. The first kappa shape index (κ1) is 16.4. The summed E-state index contributed by atoms with van der Waals surface area (Å²) in [4.78, 5) is 21.3. The van der Waals surface area contributed by atoms with Crippen molar-refractivity contribution < 1.29 is 0 Å². The number of thiazole rings is 1. The molecule has 4 heterocycles. The van der Waals surface area contributed by atoms with Gasteiger partial charge in [0.1, 0.15) is 9.86 Å². The smallest absolute Gasteiger partial charge is 0.163 e. The molecule has 0 unspecified atom stereocenters. The van der Waals surface area contributed by atoms with Gasteiger partial charge in [0.25, 0.3) is 0 Å². The monoisotopic (exact) mass is 396 g/mol. The van der Waals surface area contributed by atoms with Crippen molar-refractivity contribution in [2.24, 2.45) is 0 Å². The Morgan fingerprint density at radius 1 is 1.12 bits per heavy atom. The van der Waals surface area contributed by atoms with Crippen molar-refractivity contribution in [2.75, 3.05) is 0 Å². The van der Waals surface area contributed by atoms with Crippen molar-refractivity contribution in [3.63, 3.8) is 0 Å². The lowest BCUT2D eigenvalue weighted by molar-refractivity contribution is 0.699.